The Morgan fingerprint density at radius 3 is 2.56 bits per heavy atom. The van der Waals surface area contributed by atoms with Gasteiger partial charge < -0.3 is 10.2 Å². The predicted molar refractivity (Wildman–Crippen MR) is 76.5 cm³/mol. The lowest BCUT2D eigenvalue weighted by atomic mass is 9.77. The highest BCUT2D eigenvalue weighted by Crippen LogP contribution is 2.34. The molecule has 0 bridgehead atoms. The van der Waals surface area contributed by atoms with Crippen molar-refractivity contribution in [2.45, 2.75) is 47.0 Å². The number of nitrogens with one attached hydrogen (secondary N) is 1. The van der Waals surface area contributed by atoms with Crippen LogP contribution in [0.4, 0.5) is 0 Å². The SMILES string of the molecule is CNCC(C)C(=O)N1CCCC(C(C)(C)C)CC1. The van der Waals surface area contributed by atoms with Gasteiger partial charge in [-0.1, -0.05) is 27.7 Å². The second-order valence-corrected chi connectivity index (χ2v) is 6.78. The fraction of sp³-hybridized carbons (Fsp3) is 0.933. The molecule has 0 aliphatic carbocycles. The van der Waals surface area contributed by atoms with E-state index in [0.29, 0.717) is 11.3 Å². The Morgan fingerprint density at radius 2 is 2.00 bits per heavy atom. The van der Waals surface area contributed by atoms with Crippen molar-refractivity contribution < 1.29 is 4.79 Å². The van der Waals surface area contributed by atoms with Crippen LogP contribution in [0, 0.1) is 17.3 Å². The van der Waals surface area contributed by atoms with E-state index in [1.54, 1.807) is 0 Å². The van der Waals surface area contributed by atoms with Crippen molar-refractivity contribution >= 4 is 5.91 Å². The molecule has 1 heterocycles. The largest absolute Gasteiger partial charge is 0.342 e. The van der Waals surface area contributed by atoms with Gasteiger partial charge in [-0.25, -0.2) is 0 Å². The van der Waals surface area contributed by atoms with E-state index >= 15 is 0 Å². The fourth-order valence-corrected chi connectivity index (χ4v) is 2.89. The van der Waals surface area contributed by atoms with E-state index in [2.05, 4.69) is 31.0 Å². The van der Waals surface area contributed by atoms with Crippen LogP contribution < -0.4 is 5.32 Å². The molecule has 1 N–H and O–H groups in total. The van der Waals surface area contributed by atoms with Gasteiger partial charge in [0.25, 0.3) is 0 Å². The summed E-state index contributed by atoms with van der Waals surface area (Å²) in [5.41, 5.74) is 0.371. The number of carbonyl (C=O) groups is 1. The number of hydrogen-bond donors (Lipinski definition) is 1. The first-order chi connectivity index (χ1) is 8.36. The number of nitrogens with zero attached hydrogens (tertiary/aromatic N) is 1. The van der Waals surface area contributed by atoms with Gasteiger partial charge in [-0.3, -0.25) is 4.79 Å². The average molecular weight is 254 g/mol. The molecule has 3 nitrogen and oxygen atoms in total. The normalized spacial score (nSPS) is 23.6. The lowest BCUT2D eigenvalue weighted by Gasteiger charge is -2.30. The molecule has 2 unspecified atom stereocenters. The monoisotopic (exact) mass is 254 g/mol. The molecule has 1 saturated heterocycles. The molecule has 106 valence electrons. The molecule has 0 aromatic carbocycles. The molecule has 0 aromatic heterocycles. The van der Waals surface area contributed by atoms with Gasteiger partial charge in [-0.2, -0.15) is 0 Å². The van der Waals surface area contributed by atoms with Crippen molar-refractivity contribution in [3.05, 3.63) is 0 Å². The minimum atomic E-state index is 0.0983. The Bertz CT molecular complexity index is 270. The van der Waals surface area contributed by atoms with E-state index in [0.717, 1.165) is 38.4 Å². The summed E-state index contributed by atoms with van der Waals surface area (Å²) >= 11 is 0. The first kappa shape index (κ1) is 15.5. The number of likely N-dealkylation sites (tertiary alicyclic amines) is 1. The highest BCUT2D eigenvalue weighted by Gasteiger charge is 2.29. The molecular weight excluding hydrogens is 224 g/mol. The quantitative estimate of drug-likeness (QED) is 0.839. The topological polar surface area (TPSA) is 32.3 Å². The average Bonchev–Trinajstić information content (AvgIpc) is 2.53. The summed E-state index contributed by atoms with van der Waals surface area (Å²) in [4.78, 5) is 14.4. The summed E-state index contributed by atoms with van der Waals surface area (Å²) in [6.45, 7) is 11.6. The second kappa shape index (κ2) is 6.55. The lowest BCUT2D eigenvalue weighted by molar-refractivity contribution is -0.134. The molecule has 18 heavy (non-hydrogen) atoms. The van der Waals surface area contributed by atoms with Crippen LogP contribution in [-0.2, 0) is 4.79 Å². The minimum Gasteiger partial charge on any atom is -0.342 e. The van der Waals surface area contributed by atoms with Gasteiger partial charge in [0.05, 0.1) is 0 Å². The van der Waals surface area contributed by atoms with Crippen LogP contribution in [0.2, 0.25) is 0 Å². The van der Waals surface area contributed by atoms with E-state index < -0.39 is 0 Å². The van der Waals surface area contributed by atoms with Crippen LogP contribution >= 0.6 is 0 Å². The molecule has 1 fully saturated rings. The molecule has 0 radical (unpaired) electrons. The van der Waals surface area contributed by atoms with Crippen LogP contribution in [0.3, 0.4) is 0 Å². The van der Waals surface area contributed by atoms with Crippen molar-refractivity contribution in [2.75, 3.05) is 26.7 Å². The molecule has 0 aromatic rings. The maximum Gasteiger partial charge on any atom is 0.226 e. The third kappa shape index (κ3) is 4.27. The van der Waals surface area contributed by atoms with Gasteiger partial charge in [0.15, 0.2) is 0 Å². The van der Waals surface area contributed by atoms with E-state index in [4.69, 9.17) is 0 Å². The number of rotatable bonds is 3. The Morgan fingerprint density at radius 1 is 1.33 bits per heavy atom. The summed E-state index contributed by atoms with van der Waals surface area (Å²) in [7, 11) is 1.90. The molecule has 2 atom stereocenters. The van der Waals surface area contributed by atoms with Crippen molar-refractivity contribution in [2.24, 2.45) is 17.3 Å². The van der Waals surface area contributed by atoms with Gasteiger partial charge in [0.2, 0.25) is 5.91 Å². The standard InChI is InChI=1S/C15H30N2O/c1-12(11-16-5)14(18)17-9-6-7-13(8-10-17)15(2,3)4/h12-13,16H,6-11H2,1-5H3. The van der Waals surface area contributed by atoms with E-state index in [9.17, 15) is 4.79 Å². The zero-order chi connectivity index (χ0) is 13.8. The summed E-state index contributed by atoms with van der Waals surface area (Å²) in [5, 5.41) is 3.09. The maximum absolute atomic E-state index is 12.3. The van der Waals surface area contributed by atoms with E-state index in [1.165, 1.54) is 6.42 Å². The first-order valence-corrected chi connectivity index (χ1v) is 7.29. The zero-order valence-electron chi connectivity index (χ0n) is 12.8. The summed E-state index contributed by atoms with van der Waals surface area (Å²) in [5.74, 6) is 1.16. The smallest absolute Gasteiger partial charge is 0.226 e. The van der Waals surface area contributed by atoms with Crippen LogP contribution in [0.15, 0.2) is 0 Å². The van der Waals surface area contributed by atoms with Crippen molar-refractivity contribution in [1.82, 2.24) is 10.2 Å². The number of carbonyl (C=O) groups excluding carboxylic acids is 1. The second-order valence-electron chi connectivity index (χ2n) is 6.78. The van der Waals surface area contributed by atoms with Gasteiger partial charge in [0.1, 0.15) is 0 Å². The third-order valence-corrected chi connectivity index (χ3v) is 4.20. The number of amides is 1. The van der Waals surface area contributed by atoms with E-state index in [-0.39, 0.29) is 5.92 Å². The summed E-state index contributed by atoms with van der Waals surface area (Å²) in [6, 6.07) is 0. The Balaban J connectivity index is 2.54. The van der Waals surface area contributed by atoms with E-state index in [1.807, 2.05) is 14.0 Å². The van der Waals surface area contributed by atoms with Crippen LogP contribution in [-0.4, -0.2) is 37.5 Å². The molecule has 1 amide bonds. The summed E-state index contributed by atoms with van der Waals surface area (Å²) in [6.07, 6.45) is 3.56. The molecule has 0 spiro atoms. The van der Waals surface area contributed by atoms with Gasteiger partial charge in [-0.15, -0.1) is 0 Å². The van der Waals surface area contributed by atoms with Gasteiger partial charge in [0, 0.05) is 25.6 Å². The highest BCUT2D eigenvalue weighted by molar-refractivity contribution is 5.78. The van der Waals surface area contributed by atoms with Crippen LogP contribution in [0.25, 0.3) is 0 Å². The molecule has 1 rings (SSSR count). The lowest BCUT2D eigenvalue weighted by Crippen LogP contribution is -2.39. The molecule has 1 aliphatic rings. The zero-order valence-corrected chi connectivity index (χ0v) is 12.8. The Kier molecular flexibility index (Phi) is 5.64. The molecule has 1 aliphatic heterocycles. The minimum absolute atomic E-state index is 0.0983. The van der Waals surface area contributed by atoms with Crippen molar-refractivity contribution in [1.29, 1.82) is 0 Å². The van der Waals surface area contributed by atoms with Gasteiger partial charge >= 0.3 is 0 Å². The maximum atomic E-state index is 12.3. The summed E-state index contributed by atoms with van der Waals surface area (Å²) < 4.78 is 0. The van der Waals surface area contributed by atoms with Crippen LogP contribution in [0.5, 0.6) is 0 Å². The Hall–Kier alpha value is -0.570. The molecule has 0 saturated carbocycles. The van der Waals surface area contributed by atoms with Crippen molar-refractivity contribution in [3.63, 3.8) is 0 Å². The highest BCUT2D eigenvalue weighted by atomic mass is 16.2. The molecule has 3 heteroatoms. The third-order valence-electron chi connectivity index (χ3n) is 4.20. The van der Waals surface area contributed by atoms with Crippen LogP contribution in [0.1, 0.15) is 47.0 Å². The predicted octanol–water partition coefficient (Wildman–Crippen LogP) is 2.52. The van der Waals surface area contributed by atoms with Gasteiger partial charge in [-0.05, 0) is 37.6 Å². The number of hydrogen-bond acceptors (Lipinski definition) is 2. The Labute approximate surface area is 112 Å². The van der Waals surface area contributed by atoms with Crippen molar-refractivity contribution in [3.8, 4) is 0 Å². The molecular formula is C15H30N2O. The fourth-order valence-electron chi connectivity index (χ4n) is 2.89. The first-order valence-electron chi connectivity index (χ1n) is 7.29.